The van der Waals surface area contributed by atoms with E-state index in [1.54, 1.807) is 0 Å². The van der Waals surface area contributed by atoms with Gasteiger partial charge in [0.15, 0.2) is 0 Å². The number of nitrogens with one attached hydrogen (secondary N) is 1. The van der Waals surface area contributed by atoms with Gasteiger partial charge in [0, 0.05) is 7.11 Å². The van der Waals surface area contributed by atoms with Crippen molar-refractivity contribution in [2.75, 3.05) is 13.7 Å². The molecule has 118 valence electrons. The molecule has 0 heterocycles. The lowest BCUT2D eigenvalue weighted by Crippen LogP contribution is -2.52. The summed E-state index contributed by atoms with van der Waals surface area (Å²) in [6.45, 7) is 13.8. The summed E-state index contributed by atoms with van der Waals surface area (Å²) in [6.07, 6.45) is 1.90. The summed E-state index contributed by atoms with van der Waals surface area (Å²) in [5, 5.41) is 12.2. The molecule has 0 aliphatic heterocycles. The first kappa shape index (κ1) is 19.1. The first-order chi connectivity index (χ1) is 9.03. The van der Waals surface area contributed by atoms with Crippen molar-refractivity contribution in [2.24, 2.45) is 10.8 Å². The van der Waals surface area contributed by atoms with Crippen molar-refractivity contribution >= 4 is 5.97 Å². The Hall–Kier alpha value is -0.910. The molecule has 0 fully saturated rings. The number of allylic oxidation sites excluding steroid dienone is 1. The molecular formula is C15H29NO4. The van der Waals surface area contributed by atoms with E-state index >= 15 is 0 Å². The van der Waals surface area contributed by atoms with Crippen LogP contribution in [0, 0.1) is 10.8 Å². The highest BCUT2D eigenvalue weighted by atomic mass is 16.7. The van der Waals surface area contributed by atoms with Gasteiger partial charge >= 0.3 is 5.97 Å². The standard InChI is InChI=1S/C15H29NO4/c1-8-9-15(5,6)10-20-13(19-7)16-11(12(17)18)14(2,3)4/h8,11,13,16H,1,9-10H2,2-7H3,(H,17,18). The second kappa shape index (κ2) is 7.76. The number of carbonyl (C=O) groups is 1. The second-order valence-corrected chi connectivity index (χ2v) is 6.84. The average molecular weight is 287 g/mol. The molecule has 0 saturated carbocycles. The van der Waals surface area contributed by atoms with E-state index in [0.717, 1.165) is 6.42 Å². The van der Waals surface area contributed by atoms with Crippen LogP contribution in [0.15, 0.2) is 12.7 Å². The first-order valence-corrected chi connectivity index (χ1v) is 6.77. The molecule has 0 spiro atoms. The maximum absolute atomic E-state index is 11.3. The van der Waals surface area contributed by atoms with Crippen LogP contribution >= 0.6 is 0 Å². The Labute approximate surface area is 122 Å². The molecule has 5 nitrogen and oxygen atoms in total. The monoisotopic (exact) mass is 287 g/mol. The van der Waals surface area contributed by atoms with Crippen LogP contribution in [0.4, 0.5) is 0 Å². The third-order valence-corrected chi connectivity index (χ3v) is 2.95. The van der Waals surface area contributed by atoms with Crippen molar-refractivity contribution in [3.05, 3.63) is 12.7 Å². The van der Waals surface area contributed by atoms with Crippen molar-refractivity contribution in [1.82, 2.24) is 5.32 Å². The summed E-state index contributed by atoms with van der Waals surface area (Å²) >= 11 is 0. The van der Waals surface area contributed by atoms with Crippen LogP contribution in [0.5, 0.6) is 0 Å². The molecule has 0 aliphatic carbocycles. The number of carboxylic acids is 1. The highest BCUT2D eigenvalue weighted by Gasteiger charge is 2.33. The molecule has 2 atom stereocenters. The van der Waals surface area contributed by atoms with Gasteiger partial charge in [0.05, 0.1) is 6.61 Å². The predicted molar refractivity (Wildman–Crippen MR) is 79.4 cm³/mol. The lowest BCUT2D eigenvalue weighted by Gasteiger charge is -2.32. The van der Waals surface area contributed by atoms with Crippen LogP contribution in [0.3, 0.4) is 0 Å². The number of rotatable bonds is 9. The molecule has 0 aromatic rings. The lowest BCUT2D eigenvalue weighted by molar-refractivity contribution is -0.176. The third kappa shape index (κ3) is 7.03. The maximum Gasteiger partial charge on any atom is 0.321 e. The molecule has 2 N–H and O–H groups in total. The molecule has 20 heavy (non-hydrogen) atoms. The summed E-state index contributed by atoms with van der Waals surface area (Å²) in [4.78, 5) is 11.3. The Balaban J connectivity index is 4.61. The van der Waals surface area contributed by atoms with Crippen molar-refractivity contribution in [3.63, 3.8) is 0 Å². The maximum atomic E-state index is 11.3. The largest absolute Gasteiger partial charge is 0.480 e. The molecule has 0 saturated heterocycles. The molecule has 0 radical (unpaired) electrons. The summed E-state index contributed by atoms with van der Waals surface area (Å²) in [5.41, 5.74) is -0.511. The van der Waals surface area contributed by atoms with Gasteiger partial charge < -0.3 is 14.6 Å². The minimum Gasteiger partial charge on any atom is -0.480 e. The van der Waals surface area contributed by atoms with E-state index in [9.17, 15) is 9.90 Å². The fourth-order valence-corrected chi connectivity index (χ4v) is 1.76. The van der Waals surface area contributed by atoms with Gasteiger partial charge in [-0.25, -0.2) is 0 Å². The van der Waals surface area contributed by atoms with Gasteiger partial charge in [0.2, 0.25) is 6.41 Å². The molecule has 2 unspecified atom stereocenters. The number of hydrogen-bond donors (Lipinski definition) is 2. The van der Waals surface area contributed by atoms with Crippen molar-refractivity contribution in [1.29, 1.82) is 0 Å². The minimum absolute atomic E-state index is 0.0688. The van der Waals surface area contributed by atoms with Gasteiger partial charge in [-0.3, -0.25) is 10.1 Å². The number of hydrogen-bond acceptors (Lipinski definition) is 4. The summed E-state index contributed by atoms with van der Waals surface area (Å²) in [5.74, 6) is -0.923. The average Bonchev–Trinajstić information content (AvgIpc) is 2.26. The van der Waals surface area contributed by atoms with Gasteiger partial charge in [-0.2, -0.15) is 0 Å². The number of carboxylic acid groups (broad SMARTS) is 1. The quantitative estimate of drug-likeness (QED) is 0.504. The van der Waals surface area contributed by atoms with Crippen LogP contribution in [-0.4, -0.2) is 37.2 Å². The third-order valence-electron chi connectivity index (χ3n) is 2.95. The summed E-state index contributed by atoms with van der Waals surface area (Å²) < 4.78 is 10.8. The molecule has 0 amide bonds. The fourth-order valence-electron chi connectivity index (χ4n) is 1.76. The molecule has 5 heteroatoms. The molecule has 0 aliphatic rings. The number of methoxy groups -OCH3 is 1. The van der Waals surface area contributed by atoms with E-state index in [0.29, 0.717) is 6.61 Å². The van der Waals surface area contributed by atoms with Gasteiger partial charge in [-0.15, -0.1) is 6.58 Å². The number of ether oxygens (including phenoxy) is 2. The lowest BCUT2D eigenvalue weighted by atomic mass is 9.87. The zero-order chi connectivity index (χ0) is 16.0. The Morgan fingerprint density at radius 3 is 2.25 bits per heavy atom. The normalized spacial score (nSPS) is 15.7. The second-order valence-electron chi connectivity index (χ2n) is 6.84. The van der Waals surface area contributed by atoms with Gasteiger partial charge in [0.25, 0.3) is 0 Å². The minimum atomic E-state index is -0.923. The van der Waals surface area contributed by atoms with Crippen molar-refractivity contribution < 1.29 is 19.4 Å². The van der Waals surface area contributed by atoms with Crippen LogP contribution in [0.25, 0.3) is 0 Å². The van der Waals surface area contributed by atoms with Crippen LogP contribution in [0.2, 0.25) is 0 Å². The summed E-state index contributed by atoms with van der Waals surface area (Å²) in [6, 6.07) is -0.755. The molecule has 0 aromatic heterocycles. The van der Waals surface area contributed by atoms with Gasteiger partial charge in [0.1, 0.15) is 6.04 Å². The smallest absolute Gasteiger partial charge is 0.321 e. The van der Waals surface area contributed by atoms with Crippen LogP contribution in [-0.2, 0) is 14.3 Å². The molecule has 0 rings (SSSR count). The fraction of sp³-hybridized carbons (Fsp3) is 0.800. The van der Waals surface area contributed by atoms with Gasteiger partial charge in [-0.05, 0) is 17.3 Å². The topological polar surface area (TPSA) is 67.8 Å². The SMILES string of the molecule is C=CCC(C)(C)COC(NC(C(=O)O)C(C)(C)C)OC. The highest BCUT2D eigenvalue weighted by Crippen LogP contribution is 2.23. The Bertz CT molecular complexity index is 320. The zero-order valence-electron chi connectivity index (χ0n) is 13.5. The predicted octanol–water partition coefficient (Wildman–Crippen LogP) is 2.62. The molecule has 0 aromatic carbocycles. The molecule has 0 bridgehead atoms. The number of aliphatic carboxylic acids is 1. The van der Waals surface area contributed by atoms with E-state index in [-0.39, 0.29) is 5.41 Å². The van der Waals surface area contributed by atoms with Crippen LogP contribution in [0.1, 0.15) is 41.0 Å². The van der Waals surface area contributed by atoms with E-state index < -0.39 is 23.8 Å². The summed E-state index contributed by atoms with van der Waals surface area (Å²) in [7, 11) is 1.49. The zero-order valence-corrected chi connectivity index (χ0v) is 13.5. The van der Waals surface area contributed by atoms with Crippen molar-refractivity contribution in [3.8, 4) is 0 Å². The Morgan fingerprint density at radius 1 is 1.35 bits per heavy atom. The van der Waals surface area contributed by atoms with Crippen molar-refractivity contribution in [2.45, 2.75) is 53.5 Å². The highest BCUT2D eigenvalue weighted by molar-refractivity contribution is 5.74. The van der Waals surface area contributed by atoms with E-state index in [1.165, 1.54) is 7.11 Å². The van der Waals surface area contributed by atoms with E-state index in [2.05, 4.69) is 25.7 Å². The molecular weight excluding hydrogens is 258 g/mol. The van der Waals surface area contributed by atoms with Gasteiger partial charge in [-0.1, -0.05) is 40.7 Å². The van der Waals surface area contributed by atoms with Crippen LogP contribution < -0.4 is 5.32 Å². The van der Waals surface area contributed by atoms with E-state index in [1.807, 2.05) is 26.8 Å². The Kier molecular flexibility index (Phi) is 7.41. The first-order valence-electron chi connectivity index (χ1n) is 6.77. The Morgan fingerprint density at radius 2 is 1.90 bits per heavy atom. The van der Waals surface area contributed by atoms with E-state index in [4.69, 9.17) is 9.47 Å².